The van der Waals surface area contributed by atoms with E-state index in [1.165, 1.54) is 27.8 Å². The highest BCUT2D eigenvalue weighted by Crippen LogP contribution is 2.40. The quantitative estimate of drug-likeness (QED) is 0.417. The van der Waals surface area contributed by atoms with Gasteiger partial charge in [0.1, 0.15) is 0 Å². The SMILES string of the molecule is CC1CN(S(=O)(=O)c2ccc(C(=O)N(CCN(C)C)c3nc4cc5c(cc4s3)OCO5)cc2)CC(C)O1.Cl. The van der Waals surface area contributed by atoms with Crippen molar-refractivity contribution in [3.05, 3.63) is 42.0 Å². The number of nitrogens with zero attached hydrogens (tertiary/aromatic N) is 4. The second-order valence-electron chi connectivity index (χ2n) is 9.53. The molecule has 0 bridgehead atoms. The fraction of sp³-hybridized carbons (Fsp3) is 0.440. The monoisotopic (exact) mass is 582 g/mol. The normalized spacial score (nSPS) is 19.5. The number of halogens is 1. The van der Waals surface area contributed by atoms with Gasteiger partial charge in [-0.05, 0) is 52.2 Å². The van der Waals surface area contributed by atoms with Gasteiger partial charge in [-0.1, -0.05) is 11.3 Å². The third-order valence-electron chi connectivity index (χ3n) is 6.24. The predicted molar refractivity (Wildman–Crippen MR) is 148 cm³/mol. The molecule has 2 aromatic carbocycles. The number of hydrogen-bond donors (Lipinski definition) is 0. The van der Waals surface area contributed by atoms with Crippen molar-refractivity contribution in [1.82, 2.24) is 14.2 Å². The highest BCUT2D eigenvalue weighted by molar-refractivity contribution is 7.89. The molecule has 13 heteroatoms. The van der Waals surface area contributed by atoms with Crippen molar-refractivity contribution in [3.8, 4) is 11.5 Å². The molecule has 10 nitrogen and oxygen atoms in total. The summed E-state index contributed by atoms with van der Waals surface area (Å²) in [4.78, 5) is 22.1. The summed E-state index contributed by atoms with van der Waals surface area (Å²) in [5.74, 6) is 1.05. The molecule has 1 aromatic heterocycles. The van der Waals surface area contributed by atoms with Gasteiger partial charge in [0.05, 0.1) is 27.3 Å². The Labute approximate surface area is 232 Å². The van der Waals surface area contributed by atoms with Crippen LogP contribution in [0.25, 0.3) is 10.2 Å². The van der Waals surface area contributed by atoms with Crippen LogP contribution in [-0.4, -0.2) is 87.8 Å². The van der Waals surface area contributed by atoms with Crippen molar-refractivity contribution in [2.45, 2.75) is 31.0 Å². The summed E-state index contributed by atoms with van der Waals surface area (Å²) in [7, 11) is 0.176. The predicted octanol–water partition coefficient (Wildman–Crippen LogP) is 3.45. The minimum atomic E-state index is -3.70. The van der Waals surface area contributed by atoms with Crippen LogP contribution in [0.15, 0.2) is 41.3 Å². The average Bonchev–Trinajstić information content (AvgIpc) is 3.47. The third kappa shape index (κ3) is 5.75. The number of hydrogen-bond acceptors (Lipinski definition) is 9. The zero-order valence-electron chi connectivity index (χ0n) is 21.6. The summed E-state index contributed by atoms with van der Waals surface area (Å²) < 4.78 is 45.4. The molecule has 5 rings (SSSR count). The first-order valence-electron chi connectivity index (χ1n) is 12.0. The van der Waals surface area contributed by atoms with Crippen LogP contribution < -0.4 is 14.4 Å². The number of carbonyl (C=O) groups excluding carboxylic acids is 1. The smallest absolute Gasteiger partial charge is 0.260 e. The third-order valence-corrected chi connectivity index (χ3v) is 9.13. The molecular formula is C25H31ClN4O6S2. The van der Waals surface area contributed by atoms with Gasteiger partial charge in [0.2, 0.25) is 16.8 Å². The summed E-state index contributed by atoms with van der Waals surface area (Å²) in [6.07, 6.45) is -0.365. The molecule has 1 saturated heterocycles. The number of thiazole rings is 1. The first-order valence-corrected chi connectivity index (χ1v) is 14.3. The van der Waals surface area contributed by atoms with Gasteiger partial charge in [0, 0.05) is 43.9 Å². The zero-order chi connectivity index (χ0) is 26.3. The molecule has 38 heavy (non-hydrogen) atoms. The lowest BCUT2D eigenvalue weighted by atomic mass is 10.2. The van der Waals surface area contributed by atoms with E-state index < -0.39 is 10.0 Å². The maximum absolute atomic E-state index is 13.6. The summed E-state index contributed by atoms with van der Waals surface area (Å²) in [6, 6.07) is 9.81. The van der Waals surface area contributed by atoms with Crippen LogP contribution in [-0.2, 0) is 14.8 Å². The Balaban J connectivity index is 0.00000336. The van der Waals surface area contributed by atoms with E-state index in [9.17, 15) is 13.2 Å². The van der Waals surface area contributed by atoms with Gasteiger partial charge < -0.3 is 19.1 Å². The molecule has 2 unspecified atom stereocenters. The maximum atomic E-state index is 13.6. The van der Waals surface area contributed by atoms with E-state index in [1.54, 1.807) is 17.0 Å². The van der Waals surface area contributed by atoms with Gasteiger partial charge in [-0.25, -0.2) is 13.4 Å². The summed E-state index contributed by atoms with van der Waals surface area (Å²) in [6.45, 7) is 5.54. The average molecular weight is 583 g/mol. The van der Waals surface area contributed by atoms with Gasteiger partial charge in [-0.15, -0.1) is 12.4 Å². The number of amides is 1. The molecule has 0 spiro atoms. The number of sulfonamides is 1. The summed E-state index contributed by atoms with van der Waals surface area (Å²) in [5.41, 5.74) is 1.11. The van der Waals surface area contributed by atoms with Gasteiger partial charge >= 0.3 is 0 Å². The summed E-state index contributed by atoms with van der Waals surface area (Å²) >= 11 is 1.40. The van der Waals surface area contributed by atoms with E-state index in [0.29, 0.717) is 48.4 Å². The van der Waals surface area contributed by atoms with Crippen LogP contribution in [0.5, 0.6) is 11.5 Å². The lowest BCUT2D eigenvalue weighted by Crippen LogP contribution is -2.48. The van der Waals surface area contributed by atoms with Crippen molar-refractivity contribution < 1.29 is 27.4 Å². The number of morpholine rings is 1. The number of likely N-dealkylation sites (N-methyl/N-ethyl adjacent to an activating group) is 1. The molecule has 0 aliphatic carbocycles. The van der Waals surface area contributed by atoms with E-state index in [-0.39, 0.29) is 42.2 Å². The summed E-state index contributed by atoms with van der Waals surface area (Å²) in [5, 5.41) is 0.554. The van der Waals surface area contributed by atoms with Crippen molar-refractivity contribution in [1.29, 1.82) is 0 Å². The fourth-order valence-corrected chi connectivity index (χ4v) is 7.00. The number of rotatable bonds is 7. The maximum Gasteiger partial charge on any atom is 0.260 e. The molecule has 2 aliphatic rings. The molecule has 206 valence electrons. The molecule has 2 aliphatic heterocycles. The van der Waals surface area contributed by atoms with Crippen LogP contribution in [0.4, 0.5) is 5.13 Å². The van der Waals surface area contributed by atoms with Crippen LogP contribution in [0, 0.1) is 0 Å². The van der Waals surface area contributed by atoms with E-state index in [1.807, 2.05) is 45.0 Å². The van der Waals surface area contributed by atoms with Crippen LogP contribution in [0.3, 0.4) is 0 Å². The van der Waals surface area contributed by atoms with Crippen molar-refractivity contribution in [3.63, 3.8) is 0 Å². The van der Waals surface area contributed by atoms with Crippen molar-refractivity contribution in [2.24, 2.45) is 0 Å². The lowest BCUT2D eigenvalue weighted by Gasteiger charge is -2.34. The molecule has 0 radical (unpaired) electrons. The van der Waals surface area contributed by atoms with E-state index >= 15 is 0 Å². The highest BCUT2D eigenvalue weighted by Gasteiger charge is 2.32. The second kappa shape index (κ2) is 11.3. The van der Waals surface area contributed by atoms with E-state index in [4.69, 9.17) is 19.2 Å². The number of fused-ring (bicyclic) bond motifs is 2. The van der Waals surface area contributed by atoms with Gasteiger partial charge in [0.25, 0.3) is 5.91 Å². The van der Waals surface area contributed by atoms with Crippen molar-refractivity contribution in [2.75, 3.05) is 52.0 Å². The molecule has 1 fully saturated rings. The molecule has 0 saturated carbocycles. The first-order chi connectivity index (χ1) is 17.6. The molecule has 2 atom stereocenters. The van der Waals surface area contributed by atoms with Crippen LogP contribution in [0.2, 0.25) is 0 Å². The van der Waals surface area contributed by atoms with Gasteiger partial charge in [-0.3, -0.25) is 9.69 Å². The van der Waals surface area contributed by atoms with E-state index in [0.717, 1.165) is 10.2 Å². The lowest BCUT2D eigenvalue weighted by molar-refractivity contribution is -0.0440. The minimum absolute atomic E-state index is 0. The molecule has 1 amide bonds. The zero-order valence-corrected chi connectivity index (χ0v) is 24.1. The van der Waals surface area contributed by atoms with Crippen molar-refractivity contribution >= 4 is 55.0 Å². The number of aromatic nitrogens is 1. The van der Waals surface area contributed by atoms with Crippen LogP contribution >= 0.6 is 23.7 Å². The standard InChI is InChI=1S/C25H30N4O6S2.ClH/c1-16-13-28(14-17(2)35-16)37(31,32)19-7-5-18(6-8-19)24(30)29(10-9-27(3)4)25-26-20-11-21-22(34-15-33-21)12-23(20)36-25;/h5-8,11-12,16-17H,9-10,13-15H2,1-4H3;1H. The Bertz CT molecular complexity index is 1360. The fourth-order valence-electron chi connectivity index (χ4n) is 4.41. The Morgan fingerprint density at radius 3 is 2.32 bits per heavy atom. The van der Waals surface area contributed by atoms with Gasteiger partial charge in [-0.2, -0.15) is 4.31 Å². The molecule has 0 N–H and O–H groups in total. The topological polar surface area (TPSA) is 102 Å². The highest BCUT2D eigenvalue weighted by atomic mass is 35.5. The number of anilines is 1. The first kappa shape index (κ1) is 28.5. The van der Waals surface area contributed by atoms with Gasteiger partial charge in [0.15, 0.2) is 16.6 Å². The number of benzene rings is 2. The Hall–Kier alpha value is -2.48. The molecule has 3 heterocycles. The Morgan fingerprint density at radius 2 is 1.68 bits per heavy atom. The Kier molecular flexibility index (Phi) is 8.50. The second-order valence-corrected chi connectivity index (χ2v) is 12.5. The number of carbonyl (C=O) groups is 1. The molecule has 3 aromatic rings. The largest absolute Gasteiger partial charge is 0.454 e. The Morgan fingerprint density at radius 1 is 1.05 bits per heavy atom. The minimum Gasteiger partial charge on any atom is -0.454 e. The van der Waals surface area contributed by atoms with Crippen LogP contribution in [0.1, 0.15) is 24.2 Å². The molecular weight excluding hydrogens is 552 g/mol. The van der Waals surface area contributed by atoms with E-state index in [2.05, 4.69) is 0 Å². The number of ether oxygens (including phenoxy) is 3.